The molecule has 1 fully saturated rings. The topological polar surface area (TPSA) is 32.5 Å². The lowest BCUT2D eigenvalue weighted by Crippen LogP contribution is -2.51. The molecule has 3 nitrogen and oxygen atoms in total. The Morgan fingerprint density at radius 2 is 1.81 bits per heavy atom. The van der Waals surface area contributed by atoms with Crippen molar-refractivity contribution in [1.82, 2.24) is 9.80 Å². The third-order valence-corrected chi connectivity index (χ3v) is 3.97. The Labute approximate surface area is 105 Å². The zero-order chi connectivity index (χ0) is 12.0. The van der Waals surface area contributed by atoms with E-state index in [2.05, 4.69) is 29.9 Å². The Kier molecular flexibility index (Phi) is 6.73. The van der Waals surface area contributed by atoms with Crippen molar-refractivity contribution in [2.24, 2.45) is 5.73 Å². The lowest BCUT2D eigenvalue weighted by atomic mass is 10.2. The highest BCUT2D eigenvalue weighted by atomic mass is 32.2. The Bertz CT molecular complexity index is 179. The van der Waals surface area contributed by atoms with Crippen LogP contribution in [0.4, 0.5) is 0 Å². The quantitative estimate of drug-likeness (QED) is 0.759. The molecule has 96 valence electrons. The van der Waals surface area contributed by atoms with Gasteiger partial charge in [-0.05, 0) is 32.3 Å². The maximum absolute atomic E-state index is 6.12. The molecule has 0 aliphatic carbocycles. The van der Waals surface area contributed by atoms with Gasteiger partial charge in [0.05, 0.1) is 0 Å². The van der Waals surface area contributed by atoms with E-state index in [-0.39, 0.29) is 0 Å². The molecule has 4 heteroatoms. The number of nitrogens with zero attached hydrogens (tertiary/aromatic N) is 2. The van der Waals surface area contributed by atoms with Crippen LogP contribution in [-0.2, 0) is 0 Å². The fourth-order valence-corrected chi connectivity index (χ4v) is 2.69. The van der Waals surface area contributed by atoms with Crippen molar-refractivity contribution >= 4 is 11.8 Å². The molecule has 0 aromatic rings. The number of thioether (sulfide) groups is 1. The first-order valence-corrected chi connectivity index (χ1v) is 7.73. The van der Waals surface area contributed by atoms with E-state index >= 15 is 0 Å². The van der Waals surface area contributed by atoms with Crippen molar-refractivity contribution in [3.63, 3.8) is 0 Å². The van der Waals surface area contributed by atoms with Gasteiger partial charge in [-0.1, -0.05) is 0 Å². The van der Waals surface area contributed by atoms with Crippen LogP contribution in [0.2, 0.25) is 0 Å². The molecule has 0 amide bonds. The van der Waals surface area contributed by atoms with Crippen LogP contribution in [0.1, 0.15) is 20.3 Å². The number of rotatable bonds is 6. The Morgan fingerprint density at radius 1 is 1.19 bits per heavy atom. The first-order chi connectivity index (χ1) is 7.63. The largest absolute Gasteiger partial charge is 0.327 e. The molecule has 0 bridgehead atoms. The zero-order valence-electron chi connectivity index (χ0n) is 11.0. The number of hydrogen-bond acceptors (Lipinski definition) is 4. The van der Waals surface area contributed by atoms with Gasteiger partial charge in [0.1, 0.15) is 0 Å². The van der Waals surface area contributed by atoms with Gasteiger partial charge < -0.3 is 5.73 Å². The summed E-state index contributed by atoms with van der Waals surface area (Å²) in [5, 5.41) is 0. The van der Waals surface area contributed by atoms with Crippen molar-refractivity contribution in [2.75, 3.05) is 44.7 Å². The molecule has 1 heterocycles. The summed E-state index contributed by atoms with van der Waals surface area (Å²) in [5.74, 6) is 1.19. The summed E-state index contributed by atoms with van der Waals surface area (Å²) in [6.45, 7) is 10.4. The van der Waals surface area contributed by atoms with E-state index in [0.717, 1.165) is 13.0 Å². The molecule has 2 N–H and O–H groups in total. The minimum atomic E-state index is 0.359. The Balaban J connectivity index is 2.16. The minimum Gasteiger partial charge on any atom is -0.327 e. The van der Waals surface area contributed by atoms with E-state index in [1.807, 2.05) is 11.8 Å². The smallest absolute Gasteiger partial charge is 0.0175 e. The second-order valence-corrected chi connectivity index (χ2v) is 5.96. The van der Waals surface area contributed by atoms with Gasteiger partial charge in [-0.15, -0.1) is 0 Å². The monoisotopic (exact) mass is 245 g/mol. The summed E-state index contributed by atoms with van der Waals surface area (Å²) >= 11 is 1.89. The molecule has 0 spiro atoms. The van der Waals surface area contributed by atoms with Crippen LogP contribution in [0.5, 0.6) is 0 Å². The van der Waals surface area contributed by atoms with Crippen LogP contribution in [0.25, 0.3) is 0 Å². The van der Waals surface area contributed by atoms with Crippen molar-refractivity contribution in [3.05, 3.63) is 0 Å². The molecule has 1 rings (SSSR count). The van der Waals surface area contributed by atoms with E-state index < -0.39 is 0 Å². The number of piperazine rings is 1. The predicted octanol–water partition coefficient (Wildman–Crippen LogP) is 1.09. The van der Waals surface area contributed by atoms with Gasteiger partial charge in [0.25, 0.3) is 0 Å². The highest BCUT2D eigenvalue weighted by Gasteiger charge is 2.19. The molecule has 0 saturated carbocycles. The average molecular weight is 245 g/mol. The van der Waals surface area contributed by atoms with Crippen LogP contribution >= 0.6 is 11.8 Å². The lowest BCUT2D eigenvalue weighted by molar-refractivity contribution is 0.104. The van der Waals surface area contributed by atoms with Crippen molar-refractivity contribution < 1.29 is 0 Å². The lowest BCUT2D eigenvalue weighted by Gasteiger charge is -2.37. The molecule has 1 aliphatic heterocycles. The predicted molar refractivity (Wildman–Crippen MR) is 74.1 cm³/mol. The normalized spacial score (nSPS) is 21.6. The molecule has 1 atom stereocenters. The van der Waals surface area contributed by atoms with Gasteiger partial charge in [0.15, 0.2) is 0 Å². The Morgan fingerprint density at radius 3 is 2.31 bits per heavy atom. The molecule has 1 unspecified atom stereocenters. The van der Waals surface area contributed by atoms with Gasteiger partial charge >= 0.3 is 0 Å². The van der Waals surface area contributed by atoms with Gasteiger partial charge in [0, 0.05) is 44.8 Å². The zero-order valence-corrected chi connectivity index (χ0v) is 11.8. The number of nitrogens with two attached hydrogens (primary N) is 1. The van der Waals surface area contributed by atoms with E-state index in [0.29, 0.717) is 12.1 Å². The molecule has 0 aromatic heterocycles. The standard InChI is InChI=1S/C12H27N3S/c1-11(2)15-7-5-14(6-8-15)10-12(13)4-9-16-3/h11-12H,4-10,13H2,1-3H3. The third kappa shape index (κ3) is 5.04. The van der Waals surface area contributed by atoms with E-state index in [4.69, 9.17) is 5.73 Å². The van der Waals surface area contributed by atoms with Gasteiger partial charge in [-0.25, -0.2) is 0 Å². The molecular weight excluding hydrogens is 218 g/mol. The van der Waals surface area contributed by atoms with Crippen molar-refractivity contribution in [3.8, 4) is 0 Å². The molecule has 0 radical (unpaired) electrons. The van der Waals surface area contributed by atoms with Crippen LogP contribution < -0.4 is 5.73 Å². The molecule has 0 aromatic carbocycles. The fourth-order valence-electron chi connectivity index (χ4n) is 2.15. The van der Waals surface area contributed by atoms with Gasteiger partial charge in [-0.2, -0.15) is 11.8 Å². The van der Waals surface area contributed by atoms with E-state index in [1.165, 1.54) is 31.9 Å². The van der Waals surface area contributed by atoms with Crippen LogP contribution in [0.15, 0.2) is 0 Å². The van der Waals surface area contributed by atoms with Crippen molar-refractivity contribution in [2.45, 2.75) is 32.4 Å². The highest BCUT2D eigenvalue weighted by Crippen LogP contribution is 2.07. The SMILES string of the molecule is CSCCC(N)CN1CCN(C(C)C)CC1. The van der Waals surface area contributed by atoms with Gasteiger partial charge in [-0.3, -0.25) is 9.80 Å². The summed E-state index contributed by atoms with van der Waals surface area (Å²) < 4.78 is 0. The molecule has 1 saturated heterocycles. The minimum absolute atomic E-state index is 0.359. The van der Waals surface area contributed by atoms with E-state index in [1.54, 1.807) is 0 Å². The summed E-state index contributed by atoms with van der Waals surface area (Å²) in [4.78, 5) is 5.06. The maximum atomic E-state index is 6.12. The maximum Gasteiger partial charge on any atom is 0.0175 e. The van der Waals surface area contributed by atoms with E-state index in [9.17, 15) is 0 Å². The van der Waals surface area contributed by atoms with Crippen LogP contribution in [0.3, 0.4) is 0 Å². The summed E-state index contributed by atoms with van der Waals surface area (Å²) in [7, 11) is 0. The van der Waals surface area contributed by atoms with Crippen LogP contribution in [0, 0.1) is 0 Å². The highest BCUT2D eigenvalue weighted by molar-refractivity contribution is 7.98. The Hall–Kier alpha value is 0.230. The first-order valence-electron chi connectivity index (χ1n) is 6.34. The molecular formula is C12H27N3S. The average Bonchev–Trinajstić information content (AvgIpc) is 2.27. The summed E-state index contributed by atoms with van der Waals surface area (Å²) in [5.41, 5.74) is 6.12. The summed E-state index contributed by atoms with van der Waals surface area (Å²) in [6.07, 6.45) is 3.29. The molecule has 1 aliphatic rings. The second-order valence-electron chi connectivity index (χ2n) is 4.97. The first kappa shape index (κ1) is 14.3. The summed E-state index contributed by atoms with van der Waals surface area (Å²) in [6, 6.07) is 1.05. The van der Waals surface area contributed by atoms with Gasteiger partial charge in [0.2, 0.25) is 0 Å². The third-order valence-electron chi connectivity index (χ3n) is 3.32. The van der Waals surface area contributed by atoms with Crippen LogP contribution in [-0.4, -0.2) is 66.6 Å². The van der Waals surface area contributed by atoms with Crippen molar-refractivity contribution in [1.29, 1.82) is 0 Å². The number of hydrogen-bond donors (Lipinski definition) is 1. The molecule has 16 heavy (non-hydrogen) atoms. The fraction of sp³-hybridized carbons (Fsp3) is 1.00. The second kappa shape index (κ2) is 7.54.